The zero-order chi connectivity index (χ0) is 26.0. The number of nitrogens with zero attached hydrogens (tertiary/aromatic N) is 5. The van der Waals surface area contributed by atoms with Gasteiger partial charge >= 0.3 is 6.55 Å². The molecule has 0 spiro atoms. The van der Waals surface area contributed by atoms with Crippen molar-refractivity contribution in [2.24, 2.45) is 0 Å². The first-order valence-electron chi connectivity index (χ1n) is 10.8. The lowest BCUT2D eigenvalue weighted by molar-refractivity contribution is -0.115. The van der Waals surface area contributed by atoms with Crippen molar-refractivity contribution in [1.29, 1.82) is 0 Å². The molecule has 2 aromatic heterocycles. The number of benzene rings is 1. The molecule has 1 aromatic carbocycles. The van der Waals surface area contributed by atoms with E-state index in [1.54, 1.807) is 18.2 Å². The van der Waals surface area contributed by atoms with Gasteiger partial charge in [0.15, 0.2) is 11.6 Å². The van der Waals surface area contributed by atoms with E-state index in [0.29, 0.717) is 21.8 Å². The highest BCUT2D eigenvalue weighted by atomic mass is 32.2. The van der Waals surface area contributed by atoms with Gasteiger partial charge in [0.25, 0.3) is 0 Å². The quantitative estimate of drug-likeness (QED) is 0.412. The van der Waals surface area contributed by atoms with Crippen molar-refractivity contribution in [3.05, 3.63) is 59.7 Å². The number of alkyl halides is 2. The molecule has 2 N–H and O–H groups in total. The highest BCUT2D eigenvalue weighted by Gasteiger charge is 2.27. The van der Waals surface area contributed by atoms with Gasteiger partial charge in [0.2, 0.25) is 21.9 Å². The SMILES string of the molecule is CCS(=O)(=O)N(C)c1ncccc1CN(c1nc(Nc2cccc3c2CC(=O)N3)ncc1F)C(F)F. The number of aromatic nitrogens is 3. The van der Waals surface area contributed by atoms with Crippen LogP contribution in [0.4, 0.5) is 42.1 Å². The zero-order valence-corrected chi connectivity index (χ0v) is 20.1. The molecule has 0 saturated heterocycles. The lowest BCUT2D eigenvalue weighted by Crippen LogP contribution is -2.33. The largest absolute Gasteiger partial charge is 0.325 e. The van der Waals surface area contributed by atoms with Crippen LogP contribution in [-0.4, -0.2) is 48.6 Å². The van der Waals surface area contributed by atoms with Gasteiger partial charge in [-0.2, -0.15) is 13.8 Å². The first kappa shape index (κ1) is 25.2. The molecule has 14 heteroatoms. The second kappa shape index (κ2) is 9.97. The Kier molecular flexibility index (Phi) is 6.97. The van der Waals surface area contributed by atoms with Gasteiger partial charge in [-0.15, -0.1) is 0 Å². The van der Waals surface area contributed by atoms with Gasteiger partial charge in [0.05, 0.1) is 24.9 Å². The Labute approximate surface area is 205 Å². The third kappa shape index (κ3) is 5.03. The number of hydrogen-bond donors (Lipinski definition) is 2. The van der Waals surface area contributed by atoms with Crippen molar-refractivity contribution in [3.63, 3.8) is 0 Å². The predicted octanol–water partition coefficient (Wildman–Crippen LogP) is 3.26. The molecule has 0 fully saturated rings. The van der Waals surface area contributed by atoms with Crippen molar-refractivity contribution < 1.29 is 26.4 Å². The van der Waals surface area contributed by atoms with E-state index in [1.807, 2.05) is 0 Å². The Balaban J connectivity index is 1.67. The summed E-state index contributed by atoms with van der Waals surface area (Å²) in [6.07, 6.45) is 2.19. The Bertz CT molecular complexity index is 1410. The van der Waals surface area contributed by atoms with Gasteiger partial charge in [0.1, 0.15) is 5.82 Å². The molecule has 0 radical (unpaired) electrons. The summed E-state index contributed by atoms with van der Waals surface area (Å²) in [7, 11) is -2.46. The molecule has 190 valence electrons. The smallest absolute Gasteiger partial charge is 0.316 e. The molecule has 1 aliphatic heterocycles. The second-order valence-electron chi connectivity index (χ2n) is 7.81. The standard InChI is InChI=1S/C22H22F3N7O3S/c1-3-36(34,35)31(2)19-13(6-5-9-26-19)12-32(21(24)25)20-15(23)11-27-22(30-20)29-17-8-4-7-16-14(17)10-18(33)28-16/h4-9,11,21H,3,10,12H2,1-2H3,(H,28,33)(H,27,29,30). The van der Waals surface area contributed by atoms with E-state index in [2.05, 4.69) is 25.6 Å². The highest BCUT2D eigenvalue weighted by Crippen LogP contribution is 2.32. The summed E-state index contributed by atoms with van der Waals surface area (Å²) < 4.78 is 68.5. The summed E-state index contributed by atoms with van der Waals surface area (Å²) in [5, 5.41) is 5.55. The minimum atomic E-state index is -3.73. The molecule has 0 unspecified atom stereocenters. The molecule has 3 heterocycles. The number of hydrogen-bond acceptors (Lipinski definition) is 8. The van der Waals surface area contributed by atoms with Crippen molar-refractivity contribution in [3.8, 4) is 0 Å². The number of rotatable bonds is 9. The van der Waals surface area contributed by atoms with Crippen LogP contribution in [0, 0.1) is 5.82 Å². The number of amides is 1. The molecule has 1 amide bonds. The monoisotopic (exact) mass is 521 g/mol. The first-order chi connectivity index (χ1) is 17.1. The lowest BCUT2D eigenvalue weighted by Gasteiger charge is -2.26. The number of fused-ring (bicyclic) bond motifs is 1. The number of sulfonamides is 1. The first-order valence-corrected chi connectivity index (χ1v) is 12.4. The van der Waals surface area contributed by atoms with Gasteiger partial charge in [-0.25, -0.2) is 22.8 Å². The van der Waals surface area contributed by atoms with Crippen LogP contribution >= 0.6 is 0 Å². The van der Waals surface area contributed by atoms with Gasteiger partial charge in [-0.05, 0) is 25.1 Å². The van der Waals surface area contributed by atoms with Crippen LogP contribution in [0.1, 0.15) is 18.1 Å². The van der Waals surface area contributed by atoms with Crippen molar-refractivity contribution >= 4 is 44.9 Å². The minimum absolute atomic E-state index is 0.0603. The summed E-state index contributed by atoms with van der Waals surface area (Å²) in [5.74, 6) is -2.45. The summed E-state index contributed by atoms with van der Waals surface area (Å²) in [4.78, 5) is 24.0. The molecule has 36 heavy (non-hydrogen) atoms. The predicted molar refractivity (Wildman–Crippen MR) is 128 cm³/mol. The van der Waals surface area contributed by atoms with Crippen molar-refractivity contribution in [1.82, 2.24) is 15.0 Å². The van der Waals surface area contributed by atoms with E-state index in [4.69, 9.17) is 0 Å². The van der Waals surface area contributed by atoms with Gasteiger partial charge in [0, 0.05) is 35.7 Å². The summed E-state index contributed by atoms with van der Waals surface area (Å²) in [6.45, 7) is -2.33. The summed E-state index contributed by atoms with van der Waals surface area (Å²) in [6, 6.07) is 7.93. The van der Waals surface area contributed by atoms with Crippen LogP contribution < -0.4 is 19.8 Å². The van der Waals surface area contributed by atoms with E-state index in [-0.39, 0.29) is 35.4 Å². The van der Waals surface area contributed by atoms with Gasteiger partial charge in [-0.1, -0.05) is 12.1 Å². The number of anilines is 5. The van der Waals surface area contributed by atoms with E-state index in [0.717, 1.165) is 10.5 Å². The number of carbonyl (C=O) groups is 1. The Hall–Kier alpha value is -3.94. The normalized spacial score (nSPS) is 12.9. The Morgan fingerprint density at radius 1 is 1.17 bits per heavy atom. The zero-order valence-electron chi connectivity index (χ0n) is 19.2. The maximum absolute atomic E-state index is 14.7. The van der Waals surface area contributed by atoms with Crippen LogP contribution in [0.25, 0.3) is 0 Å². The molecule has 0 bridgehead atoms. The van der Waals surface area contributed by atoms with Crippen LogP contribution in [0.2, 0.25) is 0 Å². The molecule has 1 aliphatic rings. The Morgan fingerprint density at radius 2 is 1.94 bits per heavy atom. The molecular formula is C22H22F3N7O3S. The average molecular weight is 522 g/mol. The number of nitrogens with one attached hydrogen (secondary N) is 2. The fraction of sp³-hybridized carbons (Fsp3) is 0.273. The van der Waals surface area contributed by atoms with Crippen LogP contribution in [0.5, 0.6) is 0 Å². The topological polar surface area (TPSA) is 120 Å². The van der Waals surface area contributed by atoms with Crippen molar-refractivity contribution in [2.75, 3.05) is 32.6 Å². The van der Waals surface area contributed by atoms with E-state index < -0.39 is 34.8 Å². The lowest BCUT2D eigenvalue weighted by atomic mass is 10.1. The van der Waals surface area contributed by atoms with Gasteiger partial charge < -0.3 is 10.6 Å². The van der Waals surface area contributed by atoms with Crippen molar-refractivity contribution in [2.45, 2.75) is 26.4 Å². The summed E-state index contributed by atoms with van der Waals surface area (Å²) in [5.41, 5.74) is 1.82. The third-order valence-corrected chi connectivity index (χ3v) is 7.29. The second-order valence-corrected chi connectivity index (χ2v) is 10.1. The van der Waals surface area contributed by atoms with E-state index >= 15 is 0 Å². The number of pyridine rings is 1. The molecule has 10 nitrogen and oxygen atoms in total. The minimum Gasteiger partial charge on any atom is -0.325 e. The highest BCUT2D eigenvalue weighted by molar-refractivity contribution is 7.92. The fourth-order valence-electron chi connectivity index (χ4n) is 3.69. The maximum Gasteiger partial charge on any atom is 0.316 e. The van der Waals surface area contributed by atoms with E-state index in [9.17, 15) is 26.4 Å². The molecule has 3 aromatic rings. The number of carbonyl (C=O) groups excluding carboxylic acids is 1. The average Bonchev–Trinajstić information content (AvgIpc) is 3.24. The third-order valence-electron chi connectivity index (χ3n) is 5.56. The van der Waals surface area contributed by atoms with E-state index in [1.165, 1.54) is 32.3 Å². The van der Waals surface area contributed by atoms with Gasteiger partial charge in [-0.3, -0.25) is 14.0 Å². The summed E-state index contributed by atoms with van der Waals surface area (Å²) >= 11 is 0. The number of halogens is 3. The van der Waals surface area contributed by atoms with Crippen LogP contribution in [0.3, 0.4) is 0 Å². The van der Waals surface area contributed by atoms with Crippen LogP contribution in [-0.2, 0) is 27.8 Å². The Morgan fingerprint density at radius 3 is 2.67 bits per heavy atom. The van der Waals surface area contributed by atoms with Crippen LogP contribution in [0.15, 0.2) is 42.7 Å². The molecule has 4 rings (SSSR count). The fourth-order valence-corrected chi connectivity index (χ4v) is 4.50. The molecule has 0 atom stereocenters. The molecular weight excluding hydrogens is 499 g/mol. The molecule has 0 saturated carbocycles. The maximum atomic E-state index is 14.7. The molecule has 0 aliphatic carbocycles.